The Morgan fingerprint density at radius 3 is 2.28 bits per heavy atom. The van der Waals surface area contributed by atoms with E-state index in [9.17, 15) is 4.79 Å². The predicted molar refractivity (Wildman–Crippen MR) is 77.5 cm³/mol. The molecule has 0 saturated heterocycles. The van der Waals surface area contributed by atoms with Gasteiger partial charge < -0.3 is 10.5 Å². The molecule has 1 aromatic heterocycles. The lowest BCUT2D eigenvalue weighted by atomic mass is 9.87. The van der Waals surface area contributed by atoms with Crippen molar-refractivity contribution in [1.29, 1.82) is 0 Å². The summed E-state index contributed by atoms with van der Waals surface area (Å²) in [5.41, 5.74) is 7.82. The molecule has 0 aliphatic rings. The zero-order valence-corrected chi connectivity index (χ0v) is 12.9. The number of hydrogen-bond acceptors (Lipinski definition) is 4. The third-order valence-corrected chi connectivity index (χ3v) is 4.33. The van der Waals surface area contributed by atoms with Crippen LogP contribution in [0.4, 0.5) is 5.69 Å². The van der Waals surface area contributed by atoms with Gasteiger partial charge in [-0.1, -0.05) is 34.6 Å². The summed E-state index contributed by atoms with van der Waals surface area (Å²) in [5, 5.41) is 0. The van der Waals surface area contributed by atoms with Crippen molar-refractivity contribution in [3.8, 4) is 0 Å². The first-order chi connectivity index (χ1) is 8.20. The maximum Gasteiger partial charge on any atom is 0.350 e. The molecule has 0 radical (unpaired) electrons. The first-order valence-corrected chi connectivity index (χ1v) is 7.11. The average Bonchev–Trinajstić information content (AvgIpc) is 2.55. The molecule has 0 aliphatic carbocycles. The number of carbonyl (C=O) groups excluding carboxylic acids is 1. The summed E-state index contributed by atoms with van der Waals surface area (Å²) in [4.78, 5) is 13.6. The molecule has 0 aromatic carbocycles. The van der Waals surface area contributed by atoms with Gasteiger partial charge in [-0.3, -0.25) is 0 Å². The normalized spacial score (nSPS) is 11.9. The van der Waals surface area contributed by atoms with Gasteiger partial charge in [-0.25, -0.2) is 4.79 Å². The van der Waals surface area contributed by atoms with Crippen LogP contribution < -0.4 is 5.73 Å². The minimum atomic E-state index is -0.308. The quantitative estimate of drug-likeness (QED) is 0.846. The van der Waals surface area contributed by atoms with E-state index in [4.69, 9.17) is 10.5 Å². The molecule has 1 heterocycles. The molecular weight excluding hydrogens is 246 g/mol. The van der Waals surface area contributed by atoms with Crippen LogP contribution in [0.1, 0.15) is 67.6 Å². The standard InChI is InChI=1S/C14H23NO2S/c1-7-17-13(16)11-10(15)9(8(2)3)12(18-11)14(4,5)6/h8H,7,15H2,1-6H3. The van der Waals surface area contributed by atoms with E-state index < -0.39 is 0 Å². The van der Waals surface area contributed by atoms with Crippen LogP contribution in [0.2, 0.25) is 0 Å². The molecule has 0 amide bonds. The van der Waals surface area contributed by atoms with E-state index in [2.05, 4.69) is 34.6 Å². The number of esters is 1. The second-order valence-electron chi connectivity index (χ2n) is 5.71. The molecule has 1 aromatic rings. The van der Waals surface area contributed by atoms with E-state index in [0.29, 0.717) is 23.1 Å². The maximum absolute atomic E-state index is 11.9. The SMILES string of the molecule is CCOC(=O)c1sc(C(C)(C)C)c(C(C)C)c1N. The van der Waals surface area contributed by atoms with Crippen LogP contribution in [0.3, 0.4) is 0 Å². The van der Waals surface area contributed by atoms with Crippen molar-refractivity contribution in [1.82, 2.24) is 0 Å². The molecule has 0 bridgehead atoms. The van der Waals surface area contributed by atoms with Gasteiger partial charge in [-0.05, 0) is 23.8 Å². The van der Waals surface area contributed by atoms with Crippen LogP contribution in [0.5, 0.6) is 0 Å². The summed E-state index contributed by atoms with van der Waals surface area (Å²) in [6.07, 6.45) is 0. The minimum absolute atomic E-state index is 0.0108. The van der Waals surface area contributed by atoms with Crippen molar-refractivity contribution in [3.63, 3.8) is 0 Å². The number of nitrogen functional groups attached to an aromatic ring is 1. The summed E-state index contributed by atoms with van der Waals surface area (Å²) in [6, 6.07) is 0. The Labute approximate surface area is 113 Å². The predicted octanol–water partition coefficient (Wildman–Crippen LogP) is 3.93. The van der Waals surface area contributed by atoms with Gasteiger partial charge in [0.25, 0.3) is 0 Å². The van der Waals surface area contributed by atoms with Crippen LogP contribution in [0.15, 0.2) is 0 Å². The van der Waals surface area contributed by atoms with Crippen molar-refractivity contribution in [2.45, 2.75) is 52.9 Å². The highest BCUT2D eigenvalue weighted by Gasteiger charge is 2.29. The lowest BCUT2D eigenvalue weighted by molar-refractivity contribution is 0.0533. The Balaban J connectivity index is 3.37. The van der Waals surface area contributed by atoms with Gasteiger partial charge in [-0.15, -0.1) is 11.3 Å². The smallest absolute Gasteiger partial charge is 0.350 e. The lowest BCUT2D eigenvalue weighted by Crippen LogP contribution is -2.12. The Morgan fingerprint density at radius 1 is 1.39 bits per heavy atom. The first-order valence-electron chi connectivity index (χ1n) is 6.29. The fourth-order valence-corrected chi connectivity index (χ4v) is 3.26. The van der Waals surface area contributed by atoms with Gasteiger partial charge in [0.05, 0.1) is 12.3 Å². The van der Waals surface area contributed by atoms with Crippen molar-refractivity contribution in [2.24, 2.45) is 0 Å². The average molecular weight is 269 g/mol. The molecule has 18 heavy (non-hydrogen) atoms. The highest BCUT2D eigenvalue weighted by atomic mass is 32.1. The highest BCUT2D eigenvalue weighted by molar-refractivity contribution is 7.15. The van der Waals surface area contributed by atoms with Crippen LogP contribution in [-0.2, 0) is 10.2 Å². The fraction of sp³-hybridized carbons (Fsp3) is 0.643. The third kappa shape index (κ3) is 2.86. The van der Waals surface area contributed by atoms with Crippen LogP contribution in [-0.4, -0.2) is 12.6 Å². The molecule has 0 aliphatic heterocycles. The van der Waals surface area contributed by atoms with Crippen molar-refractivity contribution in [2.75, 3.05) is 12.3 Å². The number of nitrogens with two attached hydrogens (primary N) is 1. The van der Waals surface area contributed by atoms with E-state index in [0.717, 1.165) is 5.56 Å². The molecule has 0 spiro atoms. The molecule has 0 atom stereocenters. The maximum atomic E-state index is 11.9. The fourth-order valence-electron chi connectivity index (χ4n) is 1.94. The molecule has 0 fully saturated rings. The minimum Gasteiger partial charge on any atom is -0.462 e. The van der Waals surface area contributed by atoms with Crippen LogP contribution in [0.25, 0.3) is 0 Å². The van der Waals surface area contributed by atoms with E-state index >= 15 is 0 Å². The summed E-state index contributed by atoms with van der Waals surface area (Å²) in [7, 11) is 0. The number of anilines is 1. The molecule has 0 unspecified atom stereocenters. The Morgan fingerprint density at radius 2 is 1.94 bits per heavy atom. The topological polar surface area (TPSA) is 52.3 Å². The molecule has 1 rings (SSSR count). The zero-order valence-electron chi connectivity index (χ0n) is 12.1. The Hall–Kier alpha value is -1.03. The molecule has 2 N–H and O–H groups in total. The number of rotatable bonds is 3. The van der Waals surface area contributed by atoms with Gasteiger partial charge in [0.1, 0.15) is 4.88 Å². The zero-order chi connectivity index (χ0) is 14.1. The second-order valence-corrected chi connectivity index (χ2v) is 6.73. The Kier molecular flexibility index (Phi) is 4.43. The summed E-state index contributed by atoms with van der Waals surface area (Å²) >= 11 is 1.47. The number of ether oxygens (including phenoxy) is 1. The van der Waals surface area contributed by atoms with Gasteiger partial charge in [0.2, 0.25) is 0 Å². The van der Waals surface area contributed by atoms with Crippen molar-refractivity contribution < 1.29 is 9.53 Å². The van der Waals surface area contributed by atoms with Crippen LogP contribution in [0, 0.1) is 0 Å². The van der Waals surface area contributed by atoms with E-state index in [1.165, 1.54) is 16.2 Å². The number of thiophene rings is 1. The van der Waals surface area contributed by atoms with E-state index in [-0.39, 0.29) is 11.4 Å². The number of hydrogen-bond donors (Lipinski definition) is 1. The summed E-state index contributed by atoms with van der Waals surface area (Å²) in [5.74, 6) is -0.00366. The van der Waals surface area contributed by atoms with E-state index in [1.54, 1.807) is 6.92 Å². The van der Waals surface area contributed by atoms with Crippen LogP contribution >= 0.6 is 11.3 Å². The third-order valence-electron chi connectivity index (χ3n) is 2.70. The largest absolute Gasteiger partial charge is 0.462 e. The highest BCUT2D eigenvalue weighted by Crippen LogP contribution is 2.42. The molecular formula is C14H23NO2S. The molecule has 0 saturated carbocycles. The van der Waals surface area contributed by atoms with Crippen molar-refractivity contribution >= 4 is 23.0 Å². The lowest BCUT2D eigenvalue weighted by Gasteiger charge is -2.20. The summed E-state index contributed by atoms with van der Waals surface area (Å²) in [6.45, 7) is 12.8. The van der Waals surface area contributed by atoms with Gasteiger partial charge >= 0.3 is 5.97 Å². The van der Waals surface area contributed by atoms with Gasteiger partial charge in [0.15, 0.2) is 0 Å². The van der Waals surface area contributed by atoms with Gasteiger partial charge in [0, 0.05) is 4.88 Å². The molecule has 4 heteroatoms. The number of carbonyl (C=O) groups is 1. The summed E-state index contributed by atoms with van der Waals surface area (Å²) < 4.78 is 5.06. The molecule has 102 valence electrons. The van der Waals surface area contributed by atoms with Gasteiger partial charge in [-0.2, -0.15) is 0 Å². The Bertz CT molecular complexity index is 441. The van der Waals surface area contributed by atoms with Crippen molar-refractivity contribution in [3.05, 3.63) is 15.3 Å². The second kappa shape index (κ2) is 5.31. The van der Waals surface area contributed by atoms with E-state index in [1.807, 2.05) is 0 Å². The monoisotopic (exact) mass is 269 g/mol. The molecule has 3 nitrogen and oxygen atoms in total. The first kappa shape index (κ1) is 15.0.